The number of pyridine rings is 1. The van der Waals surface area contributed by atoms with E-state index in [0.717, 1.165) is 19.6 Å². The molecule has 1 fully saturated rings. The van der Waals surface area contributed by atoms with Crippen molar-refractivity contribution >= 4 is 0 Å². The van der Waals surface area contributed by atoms with E-state index in [9.17, 15) is 0 Å². The van der Waals surface area contributed by atoms with Crippen LogP contribution in [-0.2, 0) is 6.54 Å². The fourth-order valence-corrected chi connectivity index (χ4v) is 3.14. The summed E-state index contributed by atoms with van der Waals surface area (Å²) in [6, 6.07) is 5.30. The summed E-state index contributed by atoms with van der Waals surface area (Å²) in [5.41, 5.74) is 1.87. The Hall–Kier alpha value is -0.930. The molecule has 1 aromatic heterocycles. The van der Waals surface area contributed by atoms with E-state index in [2.05, 4.69) is 62.8 Å². The van der Waals surface area contributed by atoms with E-state index in [1.54, 1.807) is 0 Å². The minimum atomic E-state index is 0.276. The van der Waals surface area contributed by atoms with Gasteiger partial charge in [-0.25, -0.2) is 0 Å². The van der Waals surface area contributed by atoms with Crippen molar-refractivity contribution in [2.24, 2.45) is 10.8 Å². The molecule has 1 aliphatic rings. The zero-order valence-electron chi connectivity index (χ0n) is 14.5. The highest BCUT2D eigenvalue weighted by Crippen LogP contribution is 2.31. The van der Waals surface area contributed by atoms with Crippen LogP contribution >= 0.6 is 0 Å². The van der Waals surface area contributed by atoms with E-state index in [0.29, 0.717) is 12.1 Å². The molecule has 1 aromatic rings. The first kappa shape index (κ1) is 16.4. The highest BCUT2D eigenvalue weighted by Gasteiger charge is 2.38. The number of rotatable bonds is 2. The lowest BCUT2D eigenvalue weighted by molar-refractivity contribution is 0.0247. The molecule has 1 saturated heterocycles. The second kappa shape index (κ2) is 6.05. The van der Waals surface area contributed by atoms with Crippen LogP contribution in [0.1, 0.15) is 47.1 Å². The summed E-state index contributed by atoms with van der Waals surface area (Å²) in [5, 5.41) is 3.77. The summed E-state index contributed by atoms with van der Waals surface area (Å²) in [7, 11) is 0. The maximum atomic E-state index is 4.26. The van der Waals surface area contributed by atoms with Crippen molar-refractivity contribution in [3.63, 3.8) is 0 Å². The van der Waals surface area contributed by atoms with Crippen molar-refractivity contribution < 1.29 is 0 Å². The zero-order valence-corrected chi connectivity index (χ0v) is 14.5. The smallest absolute Gasteiger partial charge is 0.0312 e. The zero-order chi connectivity index (χ0) is 15.7. The number of aromatic nitrogens is 1. The fourth-order valence-electron chi connectivity index (χ4n) is 3.14. The monoisotopic (exact) mass is 289 g/mol. The molecule has 0 radical (unpaired) electrons. The molecular formula is C18H31N3. The van der Waals surface area contributed by atoms with Gasteiger partial charge in [-0.2, -0.15) is 0 Å². The van der Waals surface area contributed by atoms with Crippen molar-refractivity contribution in [1.82, 2.24) is 15.2 Å². The number of nitrogens with zero attached hydrogens (tertiary/aromatic N) is 2. The van der Waals surface area contributed by atoms with E-state index in [1.165, 1.54) is 5.56 Å². The second-order valence-corrected chi connectivity index (χ2v) is 8.50. The molecule has 2 unspecified atom stereocenters. The van der Waals surface area contributed by atoms with Crippen molar-refractivity contribution in [2.75, 3.05) is 13.1 Å². The van der Waals surface area contributed by atoms with Gasteiger partial charge in [0.25, 0.3) is 0 Å². The Balaban J connectivity index is 2.17. The molecule has 3 nitrogen and oxygen atoms in total. The second-order valence-electron chi connectivity index (χ2n) is 8.50. The minimum absolute atomic E-state index is 0.276. The highest BCUT2D eigenvalue weighted by atomic mass is 15.2. The molecule has 0 aromatic carbocycles. The van der Waals surface area contributed by atoms with Gasteiger partial charge < -0.3 is 5.32 Å². The van der Waals surface area contributed by atoms with E-state index < -0.39 is 0 Å². The third kappa shape index (κ3) is 4.27. The van der Waals surface area contributed by atoms with Crippen LogP contribution in [0.5, 0.6) is 0 Å². The van der Waals surface area contributed by atoms with Crippen LogP contribution in [0.3, 0.4) is 0 Å². The average molecular weight is 289 g/mol. The van der Waals surface area contributed by atoms with Gasteiger partial charge in [-0.05, 0) is 22.5 Å². The first-order chi connectivity index (χ1) is 9.68. The van der Waals surface area contributed by atoms with E-state index in [-0.39, 0.29) is 10.8 Å². The summed E-state index contributed by atoms with van der Waals surface area (Å²) in [4.78, 5) is 6.91. The number of nitrogens with one attached hydrogen (secondary N) is 1. The van der Waals surface area contributed by atoms with Gasteiger partial charge in [0.2, 0.25) is 0 Å². The van der Waals surface area contributed by atoms with Gasteiger partial charge in [-0.3, -0.25) is 9.88 Å². The molecule has 0 bridgehead atoms. The molecule has 0 saturated carbocycles. The molecule has 0 amide bonds. The predicted octanol–water partition coefficient (Wildman–Crippen LogP) is 3.32. The number of piperazine rings is 1. The Morgan fingerprint density at radius 2 is 1.90 bits per heavy atom. The lowest BCUT2D eigenvalue weighted by atomic mass is 9.79. The first-order valence-corrected chi connectivity index (χ1v) is 8.04. The predicted molar refractivity (Wildman–Crippen MR) is 89.1 cm³/mol. The van der Waals surface area contributed by atoms with Crippen molar-refractivity contribution in [3.8, 4) is 0 Å². The summed E-state index contributed by atoms with van der Waals surface area (Å²) >= 11 is 0. The molecular weight excluding hydrogens is 258 g/mol. The van der Waals surface area contributed by atoms with E-state index in [1.807, 2.05) is 18.5 Å². The molecule has 3 heteroatoms. The number of hydrogen-bond donors (Lipinski definition) is 1. The lowest BCUT2D eigenvalue weighted by Gasteiger charge is -2.49. The average Bonchev–Trinajstić information content (AvgIpc) is 2.37. The Kier molecular flexibility index (Phi) is 4.74. The summed E-state index contributed by atoms with van der Waals surface area (Å²) in [6.07, 6.45) is 3.84. The van der Waals surface area contributed by atoms with Crippen molar-refractivity contribution in [2.45, 2.75) is 60.2 Å². The van der Waals surface area contributed by atoms with Gasteiger partial charge in [-0.15, -0.1) is 0 Å². The van der Waals surface area contributed by atoms with Crippen LogP contribution in [0.25, 0.3) is 0 Å². The van der Waals surface area contributed by atoms with Gasteiger partial charge in [0.1, 0.15) is 0 Å². The maximum absolute atomic E-state index is 4.26. The van der Waals surface area contributed by atoms with E-state index >= 15 is 0 Å². The third-order valence-corrected chi connectivity index (χ3v) is 4.57. The largest absolute Gasteiger partial charge is 0.311 e. The van der Waals surface area contributed by atoms with Crippen LogP contribution in [0.2, 0.25) is 0 Å². The molecule has 0 spiro atoms. The van der Waals surface area contributed by atoms with Crippen LogP contribution in [0, 0.1) is 10.8 Å². The normalized spacial score (nSPS) is 25.0. The Morgan fingerprint density at radius 3 is 2.43 bits per heavy atom. The van der Waals surface area contributed by atoms with Crippen LogP contribution in [-0.4, -0.2) is 35.1 Å². The van der Waals surface area contributed by atoms with Gasteiger partial charge in [-0.1, -0.05) is 47.6 Å². The lowest BCUT2D eigenvalue weighted by Crippen LogP contribution is -2.63. The van der Waals surface area contributed by atoms with Crippen molar-refractivity contribution in [3.05, 3.63) is 30.1 Å². The van der Waals surface area contributed by atoms with E-state index in [4.69, 9.17) is 0 Å². The van der Waals surface area contributed by atoms with Gasteiger partial charge in [0.15, 0.2) is 0 Å². The molecule has 118 valence electrons. The topological polar surface area (TPSA) is 28.2 Å². The molecule has 2 rings (SSSR count). The van der Waals surface area contributed by atoms with Gasteiger partial charge >= 0.3 is 0 Å². The minimum Gasteiger partial charge on any atom is -0.311 e. The third-order valence-electron chi connectivity index (χ3n) is 4.57. The molecule has 2 atom stereocenters. The van der Waals surface area contributed by atoms with Crippen LogP contribution in [0.15, 0.2) is 24.5 Å². The fraction of sp³-hybridized carbons (Fsp3) is 0.722. The standard InChI is InChI=1S/C18H31N3/c1-17(2,3)15-13-21(12-14-8-7-9-19-10-14)16(11-20-15)18(4,5)6/h7-10,15-16,20H,11-13H2,1-6H3. The molecule has 21 heavy (non-hydrogen) atoms. The molecule has 1 aliphatic heterocycles. The Morgan fingerprint density at radius 1 is 1.19 bits per heavy atom. The van der Waals surface area contributed by atoms with Gasteiger partial charge in [0.05, 0.1) is 0 Å². The summed E-state index contributed by atoms with van der Waals surface area (Å²) in [6.45, 7) is 17.1. The Labute approximate surface area is 130 Å². The Bertz CT molecular complexity index is 442. The highest BCUT2D eigenvalue weighted by molar-refractivity contribution is 5.10. The first-order valence-electron chi connectivity index (χ1n) is 8.04. The molecule has 1 N–H and O–H groups in total. The van der Waals surface area contributed by atoms with Crippen LogP contribution < -0.4 is 5.32 Å². The summed E-state index contributed by atoms with van der Waals surface area (Å²) in [5.74, 6) is 0. The van der Waals surface area contributed by atoms with Gasteiger partial charge in [0, 0.05) is 44.1 Å². The quantitative estimate of drug-likeness (QED) is 0.905. The molecule has 2 heterocycles. The number of hydrogen-bond acceptors (Lipinski definition) is 3. The maximum Gasteiger partial charge on any atom is 0.0312 e. The molecule has 0 aliphatic carbocycles. The SMILES string of the molecule is CC(C)(C)C1CN(Cc2cccnc2)C(C(C)(C)C)CN1. The van der Waals surface area contributed by atoms with Crippen LogP contribution in [0.4, 0.5) is 0 Å². The van der Waals surface area contributed by atoms with Crippen molar-refractivity contribution in [1.29, 1.82) is 0 Å². The summed E-state index contributed by atoms with van der Waals surface area (Å²) < 4.78 is 0.